The summed E-state index contributed by atoms with van der Waals surface area (Å²) >= 11 is 4.96. The van der Waals surface area contributed by atoms with E-state index in [0.717, 1.165) is 24.0 Å². The number of thiocarbonyl (C=S) groups is 1. The highest BCUT2D eigenvalue weighted by molar-refractivity contribution is 7.80. The third kappa shape index (κ3) is 5.61. The van der Waals surface area contributed by atoms with Crippen LogP contribution in [0.2, 0.25) is 0 Å². The van der Waals surface area contributed by atoms with Gasteiger partial charge in [-0.15, -0.1) is 0 Å². The molecule has 1 amide bonds. The second-order valence-electron chi connectivity index (χ2n) is 6.94. The molecule has 0 fully saturated rings. The molecule has 1 aromatic heterocycles. The van der Waals surface area contributed by atoms with E-state index in [2.05, 4.69) is 24.1 Å². The van der Waals surface area contributed by atoms with Crippen LogP contribution < -0.4 is 15.5 Å². The van der Waals surface area contributed by atoms with Crippen molar-refractivity contribution in [1.29, 1.82) is 0 Å². The molecule has 0 unspecified atom stereocenters. The molecule has 2 aromatic carbocycles. The van der Waals surface area contributed by atoms with Crippen molar-refractivity contribution >= 4 is 34.1 Å². The van der Waals surface area contributed by atoms with E-state index in [4.69, 9.17) is 26.6 Å². The van der Waals surface area contributed by atoms with Gasteiger partial charge in [-0.05, 0) is 43.4 Å². The molecule has 3 aromatic rings. The maximum atomic E-state index is 12.8. The van der Waals surface area contributed by atoms with Crippen molar-refractivity contribution in [2.45, 2.75) is 20.4 Å². The van der Waals surface area contributed by atoms with Gasteiger partial charge in [0, 0.05) is 23.1 Å². The molecule has 0 aliphatic rings. The third-order valence-electron chi connectivity index (χ3n) is 5.06. The lowest BCUT2D eigenvalue weighted by molar-refractivity contribution is 0.0918. The minimum Gasteiger partial charge on any atom is -0.492 e. The molecule has 3 N–H and O–H groups in total. The largest absolute Gasteiger partial charge is 0.492 e. The van der Waals surface area contributed by atoms with E-state index in [1.165, 1.54) is 0 Å². The number of para-hydroxylation sites is 1. The first-order chi connectivity index (χ1) is 15.1. The van der Waals surface area contributed by atoms with Crippen molar-refractivity contribution in [3.63, 3.8) is 0 Å². The van der Waals surface area contributed by atoms with Gasteiger partial charge in [0.05, 0.1) is 6.54 Å². The Hall–Kier alpha value is -2.94. The average molecular weight is 442 g/mol. The number of fused-ring (bicyclic) bond motifs is 1. The number of amides is 1. The van der Waals surface area contributed by atoms with Crippen LogP contribution in [0, 0.1) is 0 Å². The molecule has 8 heteroatoms. The topological polar surface area (TPSA) is 87.0 Å². The van der Waals surface area contributed by atoms with Crippen molar-refractivity contribution in [3.8, 4) is 5.75 Å². The molecule has 31 heavy (non-hydrogen) atoms. The van der Waals surface area contributed by atoms with E-state index < -0.39 is 0 Å². The Kier molecular flexibility index (Phi) is 8.00. The van der Waals surface area contributed by atoms with Gasteiger partial charge in [-0.3, -0.25) is 20.4 Å². The predicted molar refractivity (Wildman–Crippen MR) is 124 cm³/mol. The number of furan rings is 1. The van der Waals surface area contributed by atoms with Crippen LogP contribution in [0.5, 0.6) is 5.75 Å². The summed E-state index contributed by atoms with van der Waals surface area (Å²) in [6, 6.07) is 14.7. The van der Waals surface area contributed by atoms with E-state index >= 15 is 0 Å². The predicted octanol–water partition coefficient (Wildman–Crippen LogP) is 3.74. The fraction of sp³-hybridized carbons (Fsp3) is 0.304. The van der Waals surface area contributed by atoms with Gasteiger partial charge in [-0.25, -0.2) is 0 Å². The standard InChI is InChI=1S/C23H27N3O4S/c1-3-26(4-2)15-19-18-7-5-6-8-20(18)30-21(19)22(27)24-13-14-29-17-11-9-16(10-12-17)23(31)25-28/h5-12,28H,3-4,13-15H2,1-2H3,(H,24,27)(H,25,31). The minimum atomic E-state index is -0.253. The molecule has 0 spiro atoms. The number of nitrogens with zero attached hydrogens (tertiary/aromatic N) is 1. The number of nitrogens with one attached hydrogen (secondary N) is 2. The molecule has 0 saturated carbocycles. The van der Waals surface area contributed by atoms with Crippen LogP contribution in [0.4, 0.5) is 0 Å². The lowest BCUT2D eigenvalue weighted by Gasteiger charge is -2.18. The van der Waals surface area contributed by atoms with Crippen LogP contribution >= 0.6 is 12.2 Å². The molecule has 7 nitrogen and oxygen atoms in total. The number of benzene rings is 2. The fourth-order valence-electron chi connectivity index (χ4n) is 3.29. The molecule has 0 radical (unpaired) electrons. The Bertz CT molecular complexity index is 1030. The number of rotatable bonds is 10. The first-order valence-electron chi connectivity index (χ1n) is 10.3. The lowest BCUT2D eigenvalue weighted by Crippen LogP contribution is -2.29. The summed E-state index contributed by atoms with van der Waals surface area (Å²) in [7, 11) is 0. The monoisotopic (exact) mass is 441 g/mol. The normalized spacial score (nSPS) is 11.0. The summed E-state index contributed by atoms with van der Waals surface area (Å²) in [5.41, 5.74) is 4.24. The summed E-state index contributed by atoms with van der Waals surface area (Å²) in [5, 5.41) is 12.7. The molecule has 1 heterocycles. The summed E-state index contributed by atoms with van der Waals surface area (Å²) in [5.74, 6) is 0.740. The molecule has 0 aliphatic carbocycles. The van der Waals surface area contributed by atoms with E-state index in [-0.39, 0.29) is 10.9 Å². The molecule has 164 valence electrons. The molecule has 0 aliphatic heterocycles. The van der Waals surface area contributed by atoms with E-state index in [0.29, 0.717) is 42.4 Å². The maximum absolute atomic E-state index is 12.8. The fourth-order valence-corrected chi connectivity index (χ4v) is 3.43. The molecule has 0 bridgehead atoms. The van der Waals surface area contributed by atoms with Crippen molar-refractivity contribution in [2.24, 2.45) is 0 Å². The number of hydrogen-bond donors (Lipinski definition) is 3. The molecule has 0 atom stereocenters. The van der Waals surface area contributed by atoms with Crippen LogP contribution in [0.3, 0.4) is 0 Å². The van der Waals surface area contributed by atoms with Crippen molar-refractivity contribution in [1.82, 2.24) is 15.7 Å². The quantitative estimate of drug-likeness (QED) is 0.251. The maximum Gasteiger partial charge on any atom is 0.287 e. The van der Waals surface area contributed by atoms with Crippen LogP contribution in [0.25, 0.3) is 11.0 Å². The number of carbonyl (C=O) groups is 1. The van der Waals surface area contributed by atoms with Crippen molar-refractivity contribution in [2.75, 3.05) is 26.2 Å². The Morgan fingerprint density at radius 3 is 2.52 bits per heavy atom. The van der Waals surface area contributed by atoms with Gasteiger partial charge in [0.15, 0.2) is 5.76 Å². The number of hydrogen-bond acceptors (Lipinski definition) is 6. The highest BCUT2D eigenvalue weighted by Gasteiger charge is 2.21. The Balaban J connectivity index is 1.62. The second kappa shape index (κ2) is 10.9. The number of carbonyl (C=O) groups excluding carboxylic acids is 1. The SMILES string of the molecule is CCN(CC)Cc1c(C(=O)NCCOc2ccc(C(=S)NO)cc2)oc2ccccc12. The highest BCUT2D eigenvalue weighted by atomic mass is 32.1. The summed E-state index contributed by atoms with van der Waals surface area (Å²) in [4.78, 5) is 15.3. The van der Waals surface area contributed by atoms with Crippen LogP contribution in [0.1, 0.15) is 35.5 Å². The van der Waals surface area contributed by atoms with Gasteiger partial charge in [0.1, 0.15) is 22.9 Å². The second-order valence-corrected chi connectivity index (χ2v) is 7.35. The van der Waals surface area contributed by atoms with Crippen molar-refractivity contribution < 1.29 is 19.2 Å². The Morgan fingerprint density at radius 2 is 1.84 bits per heavy atom. The summed E-state index contributed by atoms with van der Waals surface area (Å²) in [6.45, 7) is 7.27. The minimum absolute atomic E-state index is 0.241. The van der Waals surface area contributed by atoms with Crippen LogP contribution in [0.15, 0.2) is 52.9 Å². The number of ether oxygens (including phenoxy) is 1. The Labute approximate surface area is 186 Å². The summed E-state index contributed by atoms with van der Waals surface area (Å²) in [6.07, 6.45) is 0. The molecule has 3 rings (SSSR count). The van der Waals surface area contributed by atoms with Crippen molar-refractivity contribution in [3.05, 3.63) is 65.4 Å². The molecular weight excluding hydrogens is 414 g/mol. The van der Waals surface area contributed by atoms with Gasteiger partial charge in [-0.1, -0.05) is 44.3 Å². The smallest absolute Gasteiger partial charge is 0.287 e. The Morgan fingerprint density at radius 1 is 1.13 bits per heavy atom. The first-order valence-corrected chi connectivity index (χ1v) is 10.7. The summed E-state index contributed by atoms with van der Waals surface area (Å²) < 4.78 is 11.6. The molecular formula is C23H27N3O4S. The zero-order valence-electron chi connectivity index (χ0n) is 17.7. The zero-order chi connectivity index (χ0) is 22.2. The lowest BCUT2D eigenvalue weighted by atomic mass is 10.1. The van der Waals surface area contributed by atoms with E-state index in [9.17, 15) is 4.79 Å². The average Bonchev–Trinajstić information content (AvgIpc) is 3.18. The van der Waals surface area contributed by atoms with E-state index in [1.807, 2.05) is 29.7 Å². The molecule has 0 saturated heterocycles. The number of hydroxylamine groups is 1. The van der Waals surface area contributed by atoms with E-state index in [1.54, 1.807) is 24.3 Å². The third-order valence-corrected chi connectivity index (χ3v) is 5.38. The highest BCUT2D eigenvalue weighted by Crippen LogP contribution is 2.27. The van der Waals surface area contributed by atoms with Crippen LogP contribution in [-0.4, -0.2) is 47.2 Å². The van der Waals surface area contributed by atoms with Crippen LogP contribution in [-0.2, 0) is 6.54 Å². The first kappa shape index (κ1) is 22.7. The van der Waals surface area contributed by atoms with Gasteiger partial charge >= 0.3 is 0 Å². The van der Waals surface area contributed by atoms with Gasteiger partial charge in [-0.2, -0.15) is 0 Å². The zero-order valence-corrected chi connectivity index (χ0v) is 18.5. The van der Waals surface area contributed by atoms with Gasteiger partial charge in [0.2, 0.25) is 0 Å². The van der Waals surface area contributed by atoms with Gasteiger partial charge in [0.25, 0.3) is 5.91 Å². The van der Waals surface area contributed by atoms with Gasteiger partial charge < -0.3 is 14.5 Å².